The van der Waals surface area contributed by atoms with Crippen LogP contribution in [0.2, 0.25) is 0 Å². The molecule has 35 heavy (non-hydrogen) atoms. The second kappa shape index (κ2) is 10.8. The van der Waals surface area contributed by atoms with Gasteiger partial charge in [-0.25, -0.2) is 4.79 Å². The van der Waals surface area contributed by atoms with E-state index in [9.17, 15) is 19.5 Å². The minimum absolute atomic E-state index is 0.00492. The molecule has 0 spiro atoms. The number of methoxy groups -OCH3 is 1. The van der Waals surface area contributed by atoms with E-state index in [1.165, 1.54) is 0 Å². The lowest BCUT2D eigenvalue weighted by Gasteiger charge is -2.28. The van der Waals surface area contributed by atoms with Crippen LogP contribution in [0.15, 0.2) is 36.4 Å². The van der Waals surface area contributed by atoms with Gasteiger partial charge in [-0.1, -0.05) is 30.4 Å². The Bertz CT molecular complexity index is 1160. The van der Waals surface area contributed by atoms with Crippen LogP contribution in [-0.4, -0.2) is 36.0 Å². The first-order chi connectivity index (χ1) is 16.9. The second-order valence-corrected chi connectivity index (χ2v) is 9.02. The minimum atomic E-state index is -0.656. The molecule has 0 bridgehead atoms. The summed E-state index contributed by atoms with van der Waals surface area (Å²) in [6, 6.07) is 8.87. The van der Waals surface area contributed by atoms with Crippen molar-refractivity contribution in [2.75, 3.05) is 7.11 Å². The fourth-order valence-corrected chi connectivity index (χ4v) is 4.74. The highest BCUT2D eigenvalue weighted by Gasteiger charge is 2.36. The monoisotopic (exact) mass is 478 g/mol. The summed E-state index contributed by atoms with van der Waals surface area (Å²) >= 11 is 0. The number of carbonyl (C=O) groups excluding carboxylic acids is 3. The number of carbonyl (C=O) groups is 3. The molecular weight excluding hydrogens is 448 g/mol. The number of hydrogen-bond acceptors (Lipinski definition) is 7. The van der Waals surface area contributed by atoms with Crippen molar-refractivity contribution in [1.29, 1.82) is 0 Å². The average Bonchev–Trinajstić information content (AvgIpc) is 2.82. The van der Waals surface area contributed by atoms with Gasteiger partial charge in [0.15, 0.2) is 0 Å². The highest BCUT2D eigenvalue weighted by molar-refractivity contribution is 5.98. The van der Waals surface area contributed by atoms with E-state index >= 15 is 0 Å². The number of cyclic esters (lactones) is 1. The maximum Gasteiger partial charge on any atom is 0.342 e. The van der Waals surface area contributed by atoms with Crippen molar-refractivity contribution in [3.8, 4) is 17.2 Å². The van der Waals surface area contributed by atoms with Crippen molar-refractivity contribution in [1.82, 2.24) is 0 Å². The molecule has 2 unspecified atom stereocenters. The van der Waals surface area contributed by atoms with Crippen LogP contribution in [0.4, 0.5) is 0 Å². The van der Waals surface area contributed by atoms with Crippen LogP contribution >= 0.6 is 0 Å². The Kier molecular flexibility index (Phi) is 7.54. The molecule has 184 valence electrons. The van der Waals surface area contributed by atoms with Gasteiger partial charge in [0.2, 0.25) is 0 Å². The van der Waals surface area contributed by atoms with Gasteiger partial charge >= 0.3 is 11.9 Å². The van der Waals surface area contributed by atoms with Crippen molar-refractivity contribution in [2.24, 2.45) is 0 Å². The van der Waals surface area contributed by atoms with Crippen LogP contribution in [0.5, 0.6) is 17.2 Å². The molecule has 7 heteroatoms. The summed E-state index contributed by atoms with van der Waals surface area (Å²) in [5, 5.41) is 11.4. The molecule has 7 nitrogen and oxygen atoms in total. The fraction of sp³-hybridized carbons (Fsp3) is 0.393. The Morgan fingerprint density at radius 3 is 2.66 bits per heavy atom. The van der Waals surface area contributed by atoms with Crippen LogP contribution in [0, 0.1) is 0 Å². The van der Waals surface area contributed by atoms with E-state index in [4.69, 9.17) is 14.2 Å². The first-order valence-electron chi connectivity index (χ1n) is 12.0. The summed E-state index contributed by atoms with van der Waals surface area (Å²) in [7, 11) is 1.54. The first kappa shape index (κ1) is 24.5. The van der Waals surface area contributed by atoms with Crippen LogP contribution in [-0.2, 0) is 14.3 Å². The highest BCUT2D eigenvalue weighted by atomic mass is 16.5. The van der Waals surface area contributed by atoms with Gasteiger partial charge in [0.25, 0.3) is 0 Å². The molecule has 2 aromatic rings. The van der Waals surface area contributed by atoms with Crippen molar-refractivity contribution >= 4 is 23.8 Å². The van der Waals surface area contributed by atoms with Gasteiger partial charge in [-0.3, -0.25) is 9.59 Å². The van der Waals surface area contributed by atoms with Crippen molar-refractivity contribution < 1.29 is 33.7 Å². The SMILES string of the molecule is COc1ccccc1C1CC(=O)Oc2cc3c(c(O)c21)C(=O)OC(C)CCCC(=O)CCC/C=C/3. The van der Waals surface area contributed by atoms with Crippen molar-refractivity contribution in [3.63, 3.8) is 0 Å². The third-order valence-corrected chi connectivity index (χ3v) is 6.49. The number of ketones is 1. The lowest BCUT2D eigenvalue weighted by molar-refractivity contribution is -0.135. The third kappa shape index (κ3) is 5.39. The standard InChI is InChI=1S/C28H30O7/c1-17-9-8-12-19(29)11-5-3-4-10-18-15-23-26(27(31)25(18)28(32)34-17)21(16-24(30)35-23)20-13-6-7-14-22(20)33-2/h4,6-7,10,13-15,17,21,31H,3,5,8-9,11-12,16H2,1-2H3/b10-4+. The van der Waals surface area contributed by atoms with Gasteiger partial charge in [0.05, 0.1) is 19.6 Å². The van der Waals surface area contributed by atoms with E-state index in [-0.39, 0.29) is 29.3 Å². The van der Waals surface area contributed by atoms with E-state index in [1.807, 2.05) is 24.3 Å². The zero-order chi connectivity index (χ0) is 24.9. The molecule has 0 aliphatic carbocycles. The molecule has 0 radical (unpaired) electrons. The Morgan fingerprint density at radius 2 is 1.86 bits per heavy atom. The number of Topliss-reactive ketones (excluding diaryl/α,β-unsaturated/α-hetero) is 1. The Balaban J connectivity index is 1.83. The lowest BCUT2D eigenvalue weighted by Crippen LogP contribution is -2.23. The van der Waals surface area contributed by atoms with E-state index in [1.54, 1.807) is 32.2 Å². The first-order valence-corrected chi connectivity index (χ1v) is 12.0. The zero-order valence-electron chi connectivity index (χ0n) is 20.0. The molecule has 4 rings (SSSR count). The quantitative estimate of drug-likeness (QED) is 0.460. The number of rotatable bonds is 2. The number of benzene rings is 2. The van der Waals surface area contributed by atoms with Gasteiger partial charge in [0, 0.05) is 29.9 Å². The summed E-state index contributed by atoms with van der Waals surface area (Å²) < 4.78 is 16.7. The summed E-state index contributed by atoms with van der Waals surface area (Å²) in [6.07, 6.45) is 6.62. The molecule has 0 aromatic heterocycles. The van der Waals surface area contributed by atoms with Crippen LogP contribution in [0.1, 0.15) is 84.8 Å². The normalized spacial score (nSPS) is 22.2. The van der Waals surface area contributed by atoms with E-state index in [0.717, 1.165) is 0 Å². The number of ether oxygens (including phenoxy) is 3. The predicted molar refractivity (Wildman–Crippen MR) is 130 cm³/mol. The molecule has 2 heterocycles. The summed E-state index contributed by atoms with van der Waals surface area (Å²) in [5.41, 5.74) is 1.51. The minimum Gasteiger partial charge on any atom is -0.507 e. The summed E-state index contributed by atoms with van der Waals surface area (Å²) in [5.74, 6) is -0.927. The topological polar surface area (TPSA) is 99.1 Å². The number of phenolic OH excluding ortho intramolecular Hbond substituents is 1. The number of allylic oxidation sites excluding steroid dienone is 1. The van der Waals surface area contributed by atoms with Crippen LogP contribution in [0.25, 0.3) is 6.08 Å². The molecule has 0 fully saturated rings. The maximum absolute atomic E-state index is 13.3. The van der Waals surface area contributed by atoms with Gasteiger partial charge in [-0.05, 0) is 50.3 Å². The lowest BCUT2D eigenvalue weighted by atomic mass is 9.83. The number of phenols is 1. The van der Waals surface area contributed by atoms with Gasteiger partial charge in [-0.2, -0.15) is 0 Å². The number of para-hydroxylation sites is 1. The molecule has 0 amide bonds. The predicted octanol–water partition coefficient (Wildman–Crippen LogP) is 5.32. The number of hydrogen-bond donors (Lipinski definition) is 1. The van der Waals surface area contributed by atoms with Crippen LogP contribution < -0.4 is 9.47 Å². The second-order valence-electron chi connectivity index (χ2n) is 9.02. The van der Waals surface area contributed by atoms with E-state index in [2.05, 4.69) is 0 Å². The molecule has 2 aliphatic rings. The molecule has 2 atom stereocenters. The molecule has 2 aromatic carbocycles. The number of aromatic hydroxyl groups is 1. The summed E-state index contributed by atoms with van der Waals surface area (Å²) in [6.45, 7) is 1.78. The molecular formula is C28H30O7. The Labute approximate surface area is 204 Å². The molecule has 1 N–H and O–H groups in total. The fourth-order valence-electron chi connectivity index (χ4n) is 4.74. The average molecular weight is 479 g/mol. The van der Waals surface area contributed by atoms with Gasteiger partial charge in [0.1, 0.15) is 28.6 Å². The molecule has 2 aliphatic heterocycles. The van der Waals surface area contributed by atoms with Gasteiger partial charge < -0.3 is 19.3 Å². The Morgan fingerprint density at radius 1 is 1.09 bits per heavy atom. The maximum atomic E-state index is 13.3. The molecule has 0 saturated heterocycles. The number of esters is 2. The Hall–Kier alpha value is -3.61. The zero-order valence-corrected chi connectivity index (χ0v) is 20.0. The number of fused-ring (bicyclic) bond motifs is 2. The highest BCUT2D eigenvalue weighted by Crippen LogP contribution is 2.48. The van der Waals surface area contributed by atoms with E-state index in [0.29, 0.717) is 61.0 Å². The van der Waals surface area contributed by atoms with Crippen LogP contribution in [0.3, 0.4) is 0 Å². The van der Waals surface area contributed by atoms with Crippen molar-refractivity contribution in [2.45, 2.75) is 63.9 Å². The smallest absolute Gasteiger partial charge is 0.342 e. The summed E-state index contributed by atoms with van der Waals surface area (Å²) in [4.78, 5) is 37.8. The largest absolute Gasteiger partial charge is 0.507 e. The molecule has 0 saturated carbocycles. The van der Waals surface area contributed by atoms with E-state index < -0.39 is 24.0 Å². The van der Waals surface area contributed by atoms with Gasteiger partial charge in [-0.15, -0.1) is 0 Å². The third-order valence-electron chi connectivity index (χ3n) is 6.49. The van der Waals surface area contributed by atoms with Crippen molar-refractivity contribution in [3.05, 3.63) is 58.7 Å².